The Morgan fingerprint density at radius 3 is 2.35 bits per heavy atom. The van der Waals surface area contributed by atoms with E-state index in [1.807, 2.05) is 20.8 Å². The molecule has 0 aromatic carbocycles. The minimum Gasteiger partial charge on any atom is -0.394 e. The highest BCUT2D eigenvalue weighted by atomic mass is 16.4. The molecule has 1 aromatic heterocycles. The van der Waals surface area contributed by atoms with E-state index in [4.69, 9.17) is 15.9 Å². The zero-order chi connectivity index (χ0) is 13.4. The molecule has 0 spiro atoms. The van der Waals surface area contributed by atoms with E-state index in [-0.39, 0.29) is 0 Å². The molecular weight excluding hydrogens is 222 g/mol. The van der Waals surface area contributed by atoms with E-state index in [1.165, 1.54) is 0 Å². The molecule has 0 saturated heterocycles. The van der Waals surface area contributed by atoms with E-state index in [1.54, 1.807) is 10.9 Å². The summed E-state index contributed by atoms with van der Waals surface area (Å²) in [4.78, 5) is 0. The number of hydrogen-bond acceptors (Lipinski definition) is 5. The molecule has 0 radical (unpaired) electrons. The predicted molar refractivity (Wildman–Crippen MR) is 66.4 cm³/mol. The van der Waals surface area contributed by atoms with Gasteiger partial charge in [0, 0.05) is 12.1 Å². The minimum absolute atomic E-state index is 0.299. The number of anilines is 1. The van der Waals surface area contributed by atoms with Crippen molar-refractivity contribution in [2.24, 2.45) is 0 Å². The van der Waals surface area contributed by atoms with Gasteiger partial charge in [-0.15, -0.1) is 0 Å². The number of aliphatic hydroxyl groups is 3. The molecule has 2 unspecified atom stereocenters. The van der Waals surface area contributed by atoms with Crippen LogP contribution in [-0.2, 0) is 6.54 Å². The Balaban J connectivity index is 0.00000121. The number of nitrogens with zero attached hydrogens (tertiary/aromatic N) is 2. The molecule has 0 bridgehead atoms. The van der Waals surface area contributed by atoms with Crippen LogP contribution in [-0.4, -0.2) is 43.9 Å². The van der Waals surface area contributed by atoms with Gasteiger partial charge < -0.3 is 21.1 Å². The Bertz CT molecular complexity index is 315. The molecule has 100 valence electrons. The van der Waals surface area contributed by atoms with Crippen LogP contribution in [0.2, 0.25) is 0 Å². The van der Waals surface area contributed by atoms with Crippen molar-refractivity contribution in [1.82, 2.24) is 9.78 Å². The van der Waals surface area contributed by atoms with E-state index in [2.05, 4.69) is 5.10 Å². The van der Waals surface area contributed by atoms with Crippen LogP contribution in [0.25, 0.3) is 0 Å². The molecule has 17 heavy (non-hydrogen) atoms. The highest BCUT2D eigenvalue weighted by Gasteiger charge is 2.15. The average Bonchev–Trinajstić information content (AvgIpc) is 2.68. The van der Waals surface area contributed by atoms with Crippen molar-refractivity contribution in [2.75, 3.05) is 12.3 Å². The van der Waals surface area contributed by atoms with Gasteiger partial charge in [-0.05, 0) is 13.3 Å². The van der Waals surface area contributed by atoms with Gasteiger partial charge in [0.25, 0.3) is 0 Å². The predicted octanol–water partition coefficient (Wildman–Crippen LogP) is -0.0959. The van der Waals surface area contributed by atoms with Crippen LogP contribution in [0.5, 0.6) is 0 Å². The lowest BCUT2D eigenvalue weighted by Gasteiger charge is -2.15. The van der Waals surface area contributed by atoms with Crippen LogP contribution < -0.4 is 5.73 Å². The third-order valence-corrected chi connectivity index (χ3v) is 2.34. The summed E-state index contributed by atoms with van der Waals surface area (Å²) in [6.45, 7) is 5.81. The zero-order valence-corrected chi connectivity index (χ0v) is 10.7. The second kappa shape index (κ2) is 8.05. The summed E-state index contributed by atoms with van der Waals surface area (Å²) in [5.74, 6) is 0.556. The van der Waals surface area contributed by atoms with Crippen molar-refractivity contribution in [3.05, 3.63) is 11.8 Å². The van der Waals surface area contributed by atoms with Gasteiger partial charge in [-0.2, -0.15) is 5.10 Å². The Morgan fingerprint density at radius 1 is 1.35 bits per heavy atom. The Kier molecular flexibility index (Phi) is 7.53. The minimum atomic E-state index is -1.11. The summed E-state index contributed by atoms with van der Waals surface area (Å²) in [7, 11) is 0. The van der Waals surface area contributed by atoms with Crippen LogP contribution >= 0.6 is 0 Å². The third-order valence-electron chi connectivity index (χ3n) is 2.34. The second-order valence-electron chi connectivity index (χ2n) is 3.54. The SMILES string of the molecule is CC.Cc1cnn(CCC(O)C(O)CO)c1N. The first-order valence-electron chi connectivity index (χ1n) is 5.81. The van der Waals surface area contributed by atoms with Gasteiger partial charge in [-0.25, -0.2) is 4.68 Å². The lowest BCUT2D eigenvalue weighted by atomic mass is 10.1. The number of aromatic nitrogens is 2. The van der Waals surface area contributed by atoms with Gasteiger partial charge in [0.1, 0.15) is 11.9 Å². The number of nitrogens with two attached hydrogens (primary N) is 1. The van der Waals surface area contributed by atoms with Crippen molar-refractivity contribution in [2.45, 2.75) is 45.9 Å². The van der Waals surface area contributed by atoms with E-state index < -0.39 is 18.8 Å². The molecule has 6 heteroatoms. The van der Waals surface area contributed by atoms with Gasteiger partial charge in [0.15, 0.2) is 0 Å². The molecule has 0 aliphatic carbocycles. The van der Waals surface area contributed by atoms with Crippen molar-refractivity contribution in [1.29, 1.82) is 0 Å². The van der Waals surface area contributed by atoms with Crippen molar-refractivity contribution >= 4 is 5.82 Å². The summed E-state index contributed by atoms with van der Waals surface area (Å²) in [6, 6.07) is 0. The molecule has 0 fully saturated rings. The maximum atomic E-state index is 9.38. The van der Waals surface area contributed by atoms with Crippen LogP contribution in [0.4, 0.5) is 5.82 Å². The third kappa shape index (κ3) is 4.72. The Labute approximate surface area is 102 Å². The highest BCUT2D eigenvalue weighted by Crippen LogP contribution is 2.10. The molecule has 1 rings (SSSR count). The Morgan fingerprint density at radius 2 is 1.94 bits per heavy atom. The van der Waals surface area contributed by atoms with Gasteiger partial charge in [-0.1, -0.05) is 13.8 Å². The summed E-state index contributed by atoms with van der Waals surface area (Å²) in [6.07, 6.45) is -0.126. The maximum absolute atomic E-state index is 9.38. The van der Waals surface area contributed by atoms with Gasteiger partial charge in [-0.3, -0.25) is 0 Å². The monoisotopic (exact) mass is 245 g/mol. The van der Waals surface area contributed by atoms with E-state index in [9.17, 15) is 5.11 Å². The van der Waals surface area contributed by atoms with E-state index >= 15 is 0 Å². The highest BCUT2D eigenvalue weighted by molar-refractivity contribution is 5.36. The number of rotatable bonds is 5. The fraction of sp³-hybridized carbons (Fsp3) is 0.727. The molecule has 1 heterocycles. The van der Waals surface area contributed by atoms with Crippen LogP contribution in [0.3, 0.4) is 0 Å². The van der Waals surface area contributed by atoms with E-state index in [0.29, 0.717) is 18.8 Å². The molecule has 6 nitrogen and oxygen atoms in total. The average molecular weight is 245 g/mol. The molecule has 2 atom stereocenters. The van der Waals surface area contributed by atoms with Gasteiger partial charge in [0.2, 0.25) is 0 Å². The standard InChI is InChI=1S/C9H17N3O3.C2H6/c1-6-4-11-12(9(6)10)3-2-7(14)8(15)5-13;1-2/h4,7-8,13-15H,2-3,5,10H2,1H3;1-2H3. The molecular formula is C11H23N3O3. The van der Waals surface area contributed by atoms with Gasteiger partial charge in [0.05, 0.1) is 18.9 Å². The Hall–Kier alpha value is -1.11. The van der Waals surface area contributed by atoms with E-state index in [0.717, 1.165) is 5.56 Å². The molecule has 0 saturated carbocycles. The molecule has 1 aromatic rings. The fourth-order valence-corrected chi connectivity index (χ4v) is 1.24. The maximum Gasteiger partial charge on any atom is 0.124 e. The normalized spacial score (nSPS) is 13.8. The first-order valence-corrected chi connectivity index (χ1v) is 5.81. The summed E-state index contributed by atoms with van der Waals surface area (Å²) < 4.78 is 1.56. The topological polar surface area (TPSA) is 105 Å². The zero-order valence-electron chi connectivity index (χ0n) is 10.7. The van der Waals surface area contributed by atoms with Crippen LogP contribution in [0, 0.1) is 6.92 Å². The molecule has 0 amide bonds. The largest absolute Gasteiger partial charge is 0.394 e. The number of aryl methyl sites for hydroxylation is 2. The first kappa shape index (κ1) is 15.9. The molecule has 0 aliphatic heterocycles. The first-order chi connectivity index (χ1) is 8.06. The lowest BCUT2D eigenvalue weighted by Crippen LogP contribution is -2.30. The molecule has 0 aliphatic rings. The fourth-order valence-electron chi connectivity index (χ4n) is 1.24. The second-order valence-corrected chi connectivity index (χ2v) is 3.54. The smallest absolute Gasteiger partial charge is 0.124 e. The van der Waals surface area contributed by atoms with Gasteiger partial charge >= 0.3 is 0 Å². The molecule has 5 N–H and O–H groups in total. The summed E-state index contributed by atoms with van der Waals surface area (Å²) in [5.41, 5.74) is 6.59. The van der Waals surface area contributed by atoms with Crippen molar-refractivity contribution < 1.29 is 15.3 Å². The van der Waals surface area contributed by atoms with Crippen LogP contribution in [0.15, 0.2) is 6.20 Å². The number of aliphatic hydroxyl groups excluding tert-OH is 3. The van der Waals surface area contributed by atoms with Crippen molar-refractivity contribution in [3.63, 3.8) is 0 Å². The summed E-state index contributed by atoms with van der Waals surface area (Å²) >= 11 is 0. The van der Waals surface area contributed by atoms with Crippen molar-refractivity contribution in [3.8, 4) is 0 Å². The number of nitrogen functional groups attached to an aromatic ring is 1. The quantitative estimate of drug-likeness (QED) is 0.580. The summed E-state index contributed by atoms with van der Waals surface area (Å²) in [5, 5.41) is 31.1. The lowest BCUT2D eigenvalue weighted by molar-refractivity contribution is -0.0195. The number of hydrogen-bond donors (Lipinski definition) is 4. The van der Waals surface area contributed by atoms with Crippen LogP contribution in [0.1, 0.15) is 25.8 Å².